The van der Waals surface area contributed by atoms with Crippen molar-refractivity contribution in [1.29, 1.82) is 0 Å². The van der Waals surface area contributed by atoms with Crippen LogP contribution in [0.15, 0.2) is 30.3 Å². The first kappa shape index (κ1) is 17.5. The maximum absolute atomic E-state index is 12.9. The van der Waals surface area contributed by atoms with Crippen molar-refractivity contribution < 1.29 is 19.4 Å². The van der Waals surface area contributed by atoms with Crippen molar-refractivity contribution in [3.63, 3.8) is 0 Å². The number of benzene rings is 1. The molecular formula is C18H25NO4. The fourth-order valence-corrected chi connectivity index (χ4v) is 3.17. The van der Waals surface area contributed by atoms with Crippen LogP contribution in [0.3, 0.4) is 0 Å². The Balaban J connectivity index is 2.13. The zero-order valence-corrected chi connectivity index (χ0v) is 13.6. The summed E-state index contributed by atoms with van der Waals surface area (Å²) in [6, 6.07) is 9.71. The molecule has 1 aromatic rings. The number of hydrogen-bond acceptors (Lipinski definition) is 3. The minimum Gasteiger partial charge on any atom is -0.481 e. The molecule has 1 fully saturated rings. The molecule has 0 radical (unpaired) electrons. The Hall–Kier alpha value is -1.88. The third kappa shape index (κ3) is 4.10. The predicted octanol–water partition coefficient (Wildman–Crippen LogP) is 2.35. The van der Waals surface area contributed by atoms with Gasteiger partial charge in [0.1, 0.15) is 0 Å². The standard InChI is InChI=1S/C18H25NO4/c1-2-6-14(16(20)21)13-19-17(22)18(9-11-23-12-10-18)15-7-4-3-5-8-15/h3-5,7-8,14H,2,6,9-13H2,1H3,(H,19,22)(H,20,21). The van der Waals surface area contributed by atoms with Gasteiger partial charge in [-0.25, -0.2) is 0 Å². The Morgan fingerprint density at radius 1 is 1.26 bits per heavy atom. The Morgan fingerprint density at radius 2 is 1.91 bits per heavy atom. The van der Waals surface area contributed by atoms with Gasteiger partial charge in [-0.1, -0.05) is 43.7 Å². The van der Waals surface area contributed by atoms with Gasteiger partial charge in [-0.3, -0.25) is 9.59 Å². The highest BCUT2D eigenvalue weighted by Gasteiger charge is 2.41. The molecule has 0 spiro atoms. The van der Waals surface area contributed by atoms with E-state index in [2.05, 4.69) is 5.32 Å². The molecule has 0 bridgehead atoms. The molecule has 1 heterocycles. The lowest BCUT2D eigenvalue weighted by molar-refractivity contribution is -0.142. The number of rotatable bonds is 7. The average Bonchev–Trinajstić information content (AvgIpc) is 2.59. The number of carbonyl (C=O) groups is 2. The van der Waals surface area contributed by atoms with Crippen molar-refractivity contribution in [3.8, 4) is 0 Å². The van der Waals surface area contributed by atoms with Gasteiger partial charge in [0.2, 0.25) is 5.91 Å². The lowest BCUT2D eigenvalue weighted by atomic mass is 9.73. The van der Waals surface area contributed by atoms with Crippen LogP contribution >= 0.6 is 0 Å². The molecule has 126 valence electrons. The van der Waals surface area contributed by atoms with Crippen molar-refractivity contribution in [2.75, 3.05) is 19.8 Å². The molecular weight excluding hydrogens is 294 g/mol. The first-order chi connectivity index (χ1) is 11.1. The van der Waals surface area contributed by atoms with Crippen LogP contribution in [0.2, 0.25) is 0 Å². The highest BCUT2D eigenvalue weighted by atomic mass is 16.5. The van der Waals surface area contributed by atoms with Crippen LogP contribution in [0, 0.1) is 5.92 Å². The largest absolute Gasteiger partial charge is 0.481 e. The van der Waals surface area contributed by atoms with Gasteiger partial charge in [0, 0.05) is 19.8 Å². The summed E-state index contributed by atoms with van der Waals surface area (Å²) in [7, 11) is 0. The summed E-state index contributed by atoms with van der Waals surface area (Å²) in [5.74, 6) is -1.47. The Bertz CT molecular complexity index is 523. The second kappa shape index (κ2) is 8.11. The van der Waals surface area contributed by atoms with E-state index in [4.69, 9.17) is 4.74 Å². The average molecular weight is 319 g/mol. The van der Waals surface area contributed by atoms with Gasteiger partial charge in [-0.05, 0) is 24.8 Å². The summed E-state index contributed by atoms with van der Waals surface area (Å²) in [6.45, 7) is 3.21. The van der Waals surface area contributed by atoms with Gasteiger partial charge in [0.05, 0.1) is 11.3 Å². The molecule has 0 saturated carbocycles. The van der Waals surface area contributed by atoms with Crippen molar-refractivity contribution in [2.45, 2.75) is 38.0 Å². The number of amides is 1. The van der Waals surface area contributed by atoms with E-state index < -0.39 is 17.3 Å². The van der Waals surface area contributed by atoms with Gasteiger partial charge in [0.15, 0.2) is 0 Å². The van der Waals surface area contributed by atoms with E-state index in [1.54, 1.807) is 0 Å². The minimum absolute atomic E-state index is 0.0886. The first-order valence-corrected chi connectivity index (χ1v) is 8.24. The Morgan fingerprint density at radius 3 is 2.48 bits per heavy atom. The summed E-state index contributed by atoms with van der Waals surface area (Å²) in [6.07, 6.45) is 2.59. The van der Waals surface area contributed by atoms with E-state index in [-0.39, 0.29) is 12.5 Å². The van der Waals surface area contributed by atoms with Crippen molar-refractivity contribution in [3.05, 3.63) is 35.9 Å². The molecule has 1 unspecified atom stereocenters. The molecule has 0 aromatic heterocycles. The molecule has 5 nitrogen and oxygen atoms in total. The number of carboxylic acids is 1. The number of aliphatic carboxylic acids is 1. The van der Waals surface area contributed by atoms with Gasteiger partial charge in [-0.15, -0.1) is 0 Å². The lowest BCUT2D eigenvalue weighted by Crippen LogP contribution is -2.49. The van der Waals surface area contributed by atoms with E-state index in [1.807, 2.05) is 37.3 Å². The summed E-state index contributed by atoms with van der Waals surface area (Å²) < 4.78 is 5.42. The van der Waals surface area contributed by atoms with Gasteiger partial charge in [-0.2, -0.15) is 0 Å². The zero-order valence-electron chi connectivity index (χ0n) is 13.6. The van der Waals surface area contributed by atoms with E-state index in [1.165, 1.54) is 0 Å². The molecule has 1 aliphatic rings. The third-order valence-corrected chi connectivity index (χ3v) is 4.60. The minimum atomic E-state index is -0.854. The van der Waals surface area contributed by atoms with Gasteiger partial charge >= 0.3 is 5.97 Å². The van der Waals surface area contributed by atoms with Gasteiger partial charge in [0.25, 0.3) is 0 Å². The first-order valence-electron chi connectivity index (χ1n) is 8.24. The Kier molecular flexibility index (Phi) is 6.16. The summed E-state index contributed by atoms with van der Waals surface area (Å²) >= 11 is 0. The van der Waals surface area contributed by atoms with E-state index in [9.17, 15) is 14.7 Å². The molecule has 2 rings (SSSR count). The third-order valence-electron chi connectivity index (χ3n) is 4.60. The smallest absolute Gasteiger partial charge is 0.308 e. The number of ether oxygens (including phenoxy) is 1. The van der Waals surface area contributed by atoms with Crippen molar-refractivity contribution in [1.82, 2.24) is 5.32 Å². The van der Waals surface area contributed by atoms with Gasteiger partial charge < -0.3 is 15.2 Å². The van der Waals surface area contributed by atoms with Crippen LogP contribution in [0.1, 0.15) is 38.2 Å². The highest BCUT2D eigenvalue weighted by molar-refractivity contribution is 5.88. The maximum Gasteiger partial charge on any atom is 0.308 e. The van der Waals surface area contributed by atoms with Crippen LogP contribution < -0.4 is 5.32 Å². The second-order valence-electron chi connectivity index (χ2n) is 6.09. The molecule has 1 atom stereocenters. The van der Waals surface area contributed by atoms with Crippen LogP contribution in [0.4, 0.5) is 0 Å². The van der Waals surface area contributed by atoms with E-state index in [0.29, 0.717) is 32.5 Å². The number of carboxylic acid groups (broad SMARTS) is 1. The predicted molar refractivity (Wildman–Crippen MR) is 87.2 cm³/mol. The van der Waals surface area contributed by atoms with E-state index >= 15 is 0 Å². The summed E-state index contributed by atoms with van der Waals surface area (Å²) in [5, 5.41) is 12.1. The normalized spacial score (nSPS) is 18.1. The fourth-order valence-electron chi connectivity index (χ4n) is 3.17. The van der Waals surface area contributed by atoms with E-state index in [0.717, 1.165) is 12.0 Å². The monoisotopic (exact) mass is 319 g/mol. The highest BCUT2D eigenvalue weighted by Crippen LogP contribution is 2.35. The van der Waals surface area contributed by atoms with Crippen LogP contribution in [0.5, 0.6) is 0 Å². The molecule has 23 heavy (non-hydrogen) atoms. The van der Waals surface area contributed by atoms with Crippen LogP contribution in [-0.4, -0.2) is 36.7 Å². The zero-order chi connectivity index (χ0) is 16.7. The second-order valence-corrected chi connectivity index (χ2v) is 6.09. The molecule has 0 aliphatic carbocycles. The number of carbonyl (C=O) groups excluding carboxylic acids is 1. The molecule has 1 saturated heterocycles. The SMILES string of the molecule is CCCC(CNC(=O)C1(c2ccccc2)CCOCC1)C(=O)O. The molecule has 1 aromatic carbocycles. The topological polar surface area (TPSA) is 75.6 Å². The maximum atomic E-state index is 12.9. The van der Waals surface area contributed by atoms with Crippen LogP contribution in [0.25, 0.3) is 0 Å². The lowest BCUT2D eigenvalue weighted by Gasteiger charge is -2.36. The summed E-state index contributed by atoms with van der Waals surface area (Å²) in [4.78, 5) is 24.1. The van der Waals surface area contributed by atoms with Crippen molar-refractivity contribution >= 4 is 11.9 Å². The quantitative estimate of drug-likeness (QED) is 0.809. The number of hydrogen-bond donors (Lipinski definition) is 2. The molecule has 1 aliphatic heterocycles. The molecule has 2 N–H and O–H groups in total. The Labute approximate surface area is 137 Å². The van der Waals surface area contributed by atoms with Crippen molar-refractivity contribution in [2.24, 2.45) is 5.92 Å². The summed E-state index contributed by atoms with van der Waals surface area (Å²) in [5.41, 5.74) is 0.359. The molecule has 5 heteroatoms. The van der Waals surface area contributed by atoms with Crippen LogP contribution in [-0.2, 0) is 19.7 Å². The number of nitrogens with one attached hydrogen (secondary N) is 1. The fraction of sp³-hybridized carbons (Fsp3) is 0.556. The molecule has 1 amide bonds.